The molecule has 0 unspecified atom stereocenters. The zero-order valence-electron chi connectivity index (χ0n) is 14.3. The molecule has 0 radical (unpaired) electrons. The van der Waals surface area contributed by atoms with E-state index in [4.69, 9.17) is 11.6 Å². The number of carbonyl (C=O) groups excluding carboxylic acids is 1. The molecule has 4 aromatic rings. The van der Waals surface area contributed by atoms with Crippen molar-refractivity contribution in [3.8, 4) is 11.3 Å². The second-order valence-electron chi connectivity index (χ2n) is 5.94. The average Bonchev–Trinajstić information content (AvgIpc) is 3.15. The van der Waals surface area contributed by atoms with Crippen LogP contribution in [0.15, 0.2) is 66.0 Å². The molecular weight excluding hydrogens is 398 g/mol. The molecule has 0 saturated carbocycles. The number of fused-ring (bicyclic) bond motifs is 1. The number of anilines is 1. The molecular formula is C20H12ClN3O3S. The van der Waals surface area contributed by atoms with Gasteiger partial charge in [0.25, 0.3) is 11.6 Å². The number of carbonyl (C=O) groups is 1. The molecule has 1 N–H and O–H groups in total. The zero-order chi connectivity index (χ0) is 19.7. The summed E-state index contributed by atoms with van der Waals surface area (Å²) < 4.78 is 0. The summed E-state index contributed by atoms with van der Waals surface area (Å²) in [4.78, 5) is 27.3. The minimum Gasteiger partial charge on any atom is -0.298 e. The van der Waals surface area contributed by atoms with Gasteiger partial charge in [-0.15, -0.1) is 11.3 Å². The highest BCUT2D eigenvalue weighted by Crippen LogP contribution is 2.31. The smallest absolute Gasteiger partial charge is 0.288 e. The maximum Gasteiger partial charge on any atom is 0.288 e. The van der Waals surface area contributed by atoms with E-state index in [0.29, 0.717) is 5.13 Å². The Morgan fingerprint density at radius 2 is 1.89 bits per heavy atom. The number of nitro groups is 1. The van der Waals surface area contributed by atoms with Crippen molar-refractivity contribution >= 4 is 50.4 Å². The Kier molecular flexibility index (Phi) is 4.77. The SMILES string of the molecule is O=C(Nc1nc(-c2cccc3ccccc23)cs1)c1ccc(Cl)c([N+](=O)[O-])c1. The Labute approximate surface area is 168 Å². The number of benzene rings is 3. The average molecular weight is 410 g/mol. The third-order valence-corrected chi connectivity index (χ3v) is 5.27. The summed E-state index contributed by atoms with van der Waals surface area (Å²) in [6, 6.07) is 17.9. The van der Waals surface area contributed by atoms with Gasteiger partial charge >= 0.3 is 0 Å². The van der Waals surface area contributed by atoms with E-state index in [0.717, 1.165) is 28.1 Å². The molecule has 0 saturated heterocycles. The summed E-state index contributed by atoms with van der Waals surface area (Å²) in [6.45, 7) is 0. The minimum absolute atomic E-state index is 0.0194. The van der Waals surface area contributed by atoms with Crippen LogP contribution in [0.25, 0.3) is 22.0 Å². The number of aromatic nitrogens is 1. The fourth-order valence-electron chi connectivity index (χ4n) is 2.87. The Bertz CT molecular complexity index is 1220. The first kappa shape index (κ1) is 18.1. The van der Waals surface area contributed by atoms with Crippen LogP contribution < -0.4 is 5.32 Å². The van der Waals surface area contributed by atoms with E-state index in [1.54, 1.807) is 0 Å². The molecule has 0 aliphatic heterocycles. The summed E-state index contributed by atoms with van der Waals surface area (Å²) in [5, 5.41) is 18.1. The Hall–Kier alpha value is -3.29. The summed E-state index contributed by atoms with van der Waals surface area (Å²) in [6.07, 6.45) is 0. The number of rotatable bonds is 4. The monoisotopic (exact) mass is 409 g/mol. The number of nitro benzene ring substituents is 1. The fraction of sp³-hybridized carbons (Fsp3) is 0. The Morgan fingerprint density at radius 3 is 2.71 bits per heavy atom. The molecule has 6 nitrogen and oxygen atoms in total. The number of hydrogen-bond acceptors (Lipinski definition) is 5. The van der Waals surface area contributed by atoms with Crippen LogP contribution in [0.4, 0.5) is 10.8 Å². The highest BCUT2D eigenvalue weighted by atomic mass is 35.5. The first-order chi connectivity index (χ1) is 13.5. The van der Waals surface area contributed by atoms with Crippen molar-refractivity contribution in [2.75, 3.05) is 5.32 Å². The van der Waals surface area contributed by atoms with Crippen molar-refractivity contribution in [1.29, 1.82) is 0 Å². The third-order valence-electron chi connectivity index (χ3n) is 4.20. The van der Waals surface area contributed by atoms with Gasteiger partial charge < -0.3 is 0 Å². The van der Waals surface area contributed by atoms with E-state index in [2.05, 4.69) is 10.3 Å². The highest BCUT2D eigenvalue weighted by molar-refractivity contribution is 7.14. The van der Waals surface area contributed by atoms with Gasteiger partial charge in [-0.3, -0.25) is 20.2 Å². The molecule has 0 fully saturated rings. The first-order valence-corrected chi connectivity index (χ1v) is 9.47. The highest BCUT2D eigenvalue weighted by Gasteiger charge is 2.17. The van der Waals surface area contributed by atoms with Crippen LogP contribution in [0.1, 0.15) is 10.4 Å². The van der Waals surface area contributed by atoms with Crippen molar-refractivity contribution in [1.82, 2.24) is 4.98 Å². The quantitative estimate of drug-likeness (QED) is 0.342. The summed E-state index contributed by atoms with van der Waals surface area (Å²) >= 11 is 7.08. The number of thiazole rings is 1. The predicted octanol–water partition coefficient (Wildman–Crippen LogP) is 5.78. The molecule has 1 aromatic heterocycles. The lowest BCUT2D eigenvalue weighted by molar-refractivity contribution is -0.384. The van der Waals surface area contributed by atoms with E-state index in [9.17, 15) is 14.9 Å². The number of amides is 1. The van der Waals surface area contributed by atoms with Gasteiger partial charge in [0, 0.05) is 22.6 Å². The van der Waals surface area contributed by atoms with Crippen LogP contribution in [-0.2, 0) is 0 Å². The predicted molar refractivity (Wildman–Crippen MR) is 111 cm³/mol. The van der Waals surface area contributed by atoms with E-state index < -0.39 is 10.8 Å². The molecule has 0 bridgehead atoms. The van der Waals surface area contributed by atoms with Gasteiger partial charge in [0.15, 0.2) is 5.13 Å². The standard InChI is InChI=1S/C20H12ClN3O3S/c21-16-9-8-13(10-18(16)24(26)27)19(25)23-20-22-17(11-28-20)15-7-3-5-12-4-1-2-6-14(12)15/h1-11H,(H,22,23,25). The summed E-state index contributed by atoms with van der Waals surface area (Å²) in [7, 11) is 0. The third kappa shape index (κ3) is 3.45. The number of halogens is 1. The molecule has 0 atom stereocenters. The van der Waals surface area contributed by atoms with Gasteiger partial charge in [-0.1, -0.05) is 54.1 Å². The second-order valence-corrected chi connectivity index (χ2v) is 7.21. The molecule has 8 heteroatoms. The Balaban J connectivity index is 1.61. The van der Waals surface area contributed by atoms with Crippen LogP contribution >= 0.6 is 22.9 Å². The topological polar surface area (TPSA) is 85.1 Å². The van der Waals surface area contributed by atoms with Crippen LogP contribution in [0.5, 0.6) is 0 Å². The fourth-order valence-corrected chi connectivity index (χ4v) is 3.76. The molecule has 28 heavy (non-hydrogen) atoms. The Morgan fingerprint density at radius 1 is 1.11 bits per heavy atom. The number of nitrogens with one attached hydrogen (secondary N) is 1. The van der Waals surface area contributed by atoms with E-state index in [1.807, 2.05) is 47.8 Å². The lowest BCUT2D eigenvalue weighted by Crippen LogP contribution is -2.12. The lowest BCUT2D eigenvalue weighted by atomic mass is 10.0. The van der Waals surface area contributed by atoms with Gasteiger partial charge in [-0.2, -0.15) is 0 Å². The van der Waals surface area contributed by atoms with E-state index >= 15 is 0 Å². The van der Waals surface area contributed by atoms with E-state index in [1.165, 1.54) is 23.5 Å². The van der Waals surface area contributed by atoms with Crippen molar-refractivity contribution in [3.05, 3.63) is 86.7 Å². The molecule has 0 aliphatic rings. The van der Waals surface area contributed by atoms with Crippen LogP contribution in [0.2, 0.25) is 5.02 Å². The summed E-state index contributed by atoms with van der Waals surface area (Å²) in [5.74, 6) is -0.487. The molecule has 138 valence electrons. The van der Waals surface area contributed by atoms with Gasteiger partial charge in [-0.25, -0.2) is 4.98 Å². The number of hydrogen-bond donors (Lipinski definition) is 1. The molecule has 1 amide bonds. The van der Waals surface area contributed by atoms with Gasteiger partial charge in [0.05, 0.1) is 10.6 Å². The minimum atomic E-state index is -0.624. The van der Waals surface area contributed by atoms with Gasteiger partial charge in [-0.05, 0) is 22.9 Å². The molecule has 0 aliphatic carbocycles. The lowest BCUT2D eigenvalue weighted by Gasteiger charge is -2.04. The molecule has 1 heterocycles. The summed E-state index contributed by atoms with van der Waals surface area (Å²) in [5.41, 5.74) is 1.54. The van der Waals surface area contributed by atoms with Crippen molar-refractivity contribution in [2.24, 2.45) is 0 Å². The molecule has 0 spiro atoms. The van der Waals surface area contributed by atoms with Crippen molar-refractivity contribution in [3.63, 3.8) is 0 Å². The maximum absolute atomic E-state index is 12.4. The van der Waals surface area contributed by atoms with Crippen LogP contribution in [-0.4, -0.2) is 15.8 Å². The largest absolute Gasteiger partial charge is 0.298 e. The second kappa shape index (κ2) is 7.38. The number of nitrogens with zero attached hydrogens (tertiary/aromatic N) is 2. The molecule has 4 rings (SSSR count). The molecule has 3 aromatic carbocycles. The van der Waals surface area contributed by atoms with Crippen molar-refractivity contribution in [2.45, 2.75) is 0 Å². The normalized spacial score (nSPS) is 10.8. The zero-order valence-corrected chi connectivity index (χ0v) is 15.8. The van der Waals surface area contributed by atoms with Gasteiger partial charge in [0.2, 0.25) is 0 Å². The maximum atomic E-state index is 12.4. The first-order valence-electron chi connectivity index (χ1n) is 8.22. The van der Waals surface area contributed by atoms with Crippen LogP contribution in [0.3, 0.4) is 0 Å². The van der Waals surface area contributed by atoms with Gasteiger partial charge in [0.1, 0.15) is 5.02 Å². The van der Waals surface area contributed by atoms with Crippen molar-refractivity contribution < 1.29 is 9.72 Å². The van der Waals surface area contributed by atoms with E-state index in [-0.39, 0.29) is 16.3 Å². The van der Waals surface area contributed by atoms with Crippen LogP contribution in [0, 0.1) is 10.1 Å².